The Bertz CT molecular complexity index is 614. The third-order valence-electron chi connectivity index (χ3n) is 4.85. The maximum atomic E-state index is 12.5. The molecule has 0 bridgehead atoms. The van der Waals surface area contributed by atoms with Crippen LogP contribution < -0.4 is 5.69 Å². The molecule has 0 unspecified atom stereocenters. The lowest BCUT2D eigenvalue weighted by Gasteiger charge is -2.30. The number of aliphatic hydroxyl groups is 1. The molecule has 3 heterocycles. The second-order valence-corrected chi connectivity index (χ2v) is 6.44. The molecule has 0 saturated carbocycles. The van der Waals surface area contributed by atoms with Crippen LogP contribution in [0.4, 0.5) is 0 Å². The molecule has 0 spiro atoms. The van der Waals surface area contributed by atoms with Crippen molar-refractivity contribution in [3.8, 4) is 0 Å². The fourth-order valence-electron chi connectivity index (χ4n) is 3.42. The molecule has 132 valence electrons. The van der Waals surface area contributed by atoms with Gasteiger partial charge in [0, 0.05) is 57.6 Å². The van der Waals surface area contributed by atoms with Crippen molar-refractivity contribution < 1.29 is 14.6 Å². The van der Waals surface area contributed by atoms with Crippen LogP contribution in [0.5, 0.6) is 0 Å². The monoisotopic (exact) mass is 336 g/mol. The largest absolute Gasteiger partial charge is 0.396 e. The Hall–Kier alpha value is -1.77. The fourth-order valence-corrected chi connectivity index (χ4v) is 3.42. The number of aromatic nitrogens is 2. The third kappa shape index (κ3) is 4.00. The van der Waals surface area contributed by atoms with Gasteiger partial charge in [-0.1, -0.05) is 0 Å². The van der Waals surface area contributed by atoms with Gasteiger partial charge in [-0.15, -0.1) is 0 Å². The molecule has 1 aromatic heterocycles. The number of carbonyl (C=O) groups is 1. The van der Waals surface area contributed by atoms with Gasteiger partial charge < -0.3 is 14.7 Å². The Morgan fingerprint density at radius 3 is 2.75 bits per heavy atom. The second kappa shape index (κ2) is 7.87. The van der Waals surface area contributed by atoms with Gasteiger partial charge >= 0.3 is 5.69 Å². The molecule has 8 heteroatoms. The number of hydrogen-bond acceptors (Lipinski definition) is 6. The summed E-state index contributed by atoms with van der Waals surface area (Å²) in [5, 5.41) is 9.65. The summed E-state index contributed by atoms with van der Waals surface area (Å²) in [5.41, 5.74) is -0.423. The van der Waals surface area contributed by atoms with Crippen molar-refractivity contribution in [2.75, 3.05) is 52.5 Å². The molecule has 0 aromatic carbocycles. The average molecular weight is 336 g/mol. The van der Waals surface area contributed by atoms with Gasteiger partial charge in [0.15, 0.2) is 0 Å². The second-order valence-electron chi connectivity index (χ2n) is 6.44. The third-order valence-corrected chi connectivity index (χ3v) is 4.85. The van der Waals surface area contributed by atoms with Crippen molar-refractivity contribution in [3.63, 3.8) is 0 Å². The van der Waals surface area contributed by atoms with Crippen LogP contribution in [0, 0.1) is 11.8 Å². The van der Waals surface area contributed by atoms with E-state index in [1.807, 2.05) is 0 Å². The highest BCUT2D eigenvalue weighted by atomic mass is 16.5. The number of amides is 1. The minimum absolute atomic E-state index is 0.00486. The molecule has 2 atom stereocenters. The van der Waals surface area contributed by atoms with E-state index in [-0.39, 0.29) is 30.9 Å². The SMILES string of the molecule is O=C(Cn1cccnc1=O)N1C[C@@H](CN2CCOCC2)[C@@H](CO)C1. The summed E-state index contributed by atoms with van der Waals surface area (Å²) < 4.78 is 6.67. The van der Waals surface area contributed by atoms with Crippen LogP contribution in [-0.4, -0.2) is 82.9 Å². The Morgan fingerprint density at radius 1 is 1.29 bits per heavy atom. The Morgan fingerprint density at radius 2 is 2.04 bits per heavy atom. The summed E-state index contributed by atoms with van der Waals surface area (Å²) in [6, 6.07) is 1.64. The van der Waals surface area contributed by atoms with Crippen molar-refractivity contribution >= 4 is 5.91 Å². The van der Waals surface area contributed by atoms with Gasteiger partial charge in [0.05, 0.1) is 13.2 Å². The number of likely N-dealkylation sites (tertiary alicyclic amines) is 1. The highest BCUT2D eigenvalue weighted by Gasteiger charge is 2.35. The molecule has 1 aromatic rings. The summed E-state index contributed by atoms with van der Waals surface area (Å²) in [6.07, 6.45) is 2.98. The maximum absolute atomic E-state index is 12.5. The predicted octanol–water partition coefficient (Wildman–Crippen LogP) is -1.36. The normalized spacial score (nSPS) is 25.1. The number of ether oxygens (including phenoxy) is 1. The quantitative estimate of drug-likeness (QED) is 0.715. The lowest BCUT2D eigenvalue weighted by atomic mass is 9.96. The van der Waals surface area contributed by atoms with Gasteiger partial charge in [0.25, 0.3) is 0 Å². The summed E-state index contributed by atoms with van der Waals surface area (Å²) >= 11 is 0. The molecule has 2 aliphatic heterocycles. The van der Waals surface area contributed by atoms with Crippen LogP contribution in [0.1, 0.15) is 0 Å². The summed E-state index contributed by atoms with van der Waals surface area (Å²) in [5.74, 6) is 0.234. The molecular formula is C16H24N4O4. The zero-order valence-electron chi connectivity index (χ0n) is 13.7. The number of nitrogens with zero attached hydrogens (tertiary/aromatic N) is 4. The molecular weight excluding hydrogens is 312 g/mol. The first-order valence-electron chi connectivity index (χ1n) is 8.37. The Balaban J connectivity index is 1.59. The van der Waals surface area contributed by atoms with Gasteiger partial charge in [-0.3, -0.25) is 14.3 Å². The lowest BCUT2D eigenvalue weighted by molar-refractivity contribution is -0.131. The number of carbonyl (C=O) groups excluding carboxylic acids is 1. The molecule has 1 N–H and O–H groups in total. The zero-order chi connectivity index (χ0) is 16.9. The minimum Gasteiger partial charge on any atom is -0.396 e. The first-order valence-corrected chi connectivity index (χ1v) is 8.37. The van der Waals surface area contributed by atoms with Crippen LogP contribution in [0.25, 0.3) is 0 Å². The van der Waals surface area contributed by atoms with E-state index in [0.717, 1.165) is 32.8 Å². The molecule has 2 aliphatic rings. The van der Waals surface area contributed by atoms with Crippen molar-refractivity contribution in [3.05, 3.63) is 28.9 Å². The highest BCUT2D eigenvalue weighted by Crippen LogP contribution is 2.24. The van der Waals surface area contributed by atoms with Gasteiger partial charge in [0.1, 0.15) is 6.54 Å². The van der Waals surface area contributed by atoms with E-state index < -0.39 is 5.69 Å². The summed E-state index contributed by atoms with van der Waals surface area (Å²) in [7, 11) is 0. The van der Waals surface area contributed by atoms with Crippen LogP contribution in [0.3, 0.4) is 0 Å². The Labute approximate surface area is 140 Å². The Kier molecular flexibility index (Phi) is 5.60. The first kappa shape index (κ1) is 17.1. The molecule has 24 heavy (non-hydrogen) atoms. The van der Waals surface area contributed by atoms with Gasteiger partial charge in [0.2, 0.25) is 5.91 Å². The number of rotatable bonds is 5. The van der Waals surface area contributed by atoms with E-state index >= 15 is 0 Å². The standard InChI is InChI=1S/C16H24N4O4/c21-12-14-10-20(9-13(14)8-18-4-6-24-7-5-18)15(22)11-19-3-1-2-17-16(19)23/h1-3,13-14,21H,4-12H2/t13-,14-/m1/s1. The van der Waals surface area contributed by atoms with Crippen LogP contribution in [0.2, 0.25) is 0 Å². The zero-order valence-corrected chi connectivity index (χ0v) is 13.7. The van der Waals surface area contributed by atoms with Crippen LogP contribution in [-0.2, 0) is 16.1 Å². The molecule has 3 rings (SSSR count). The van der Waals surface area contributed by atoms with Gasteiger partial charge in [-0.25, -0.2) is 9.78 Å². The van der Waals surface area contributed by atoms with E-state index in [1.54, 1.807) is 17.2 Å². The maximum Gasteiger partial charge on any atom is 0.347 e. The molecule has 1 amide bonds. The fraction of sp³-hybridized carbons (Fsp3) is 0.688. The number of hydrogen-bond donors (Lipinski definition) is 1. The first-order chi connectivity index (χ1) is 11.7. The van der Waals surface area contributed by atoms with E-state index in [1.165, 1.54) is 10.8 Å². The van der Waals surface area contributed by atoms with Crippen molar-refractivity contribution in [2.24, 2.45) is 11.8 Å². The van der Waals surface area contributed by atoms with E-state index in [0.29, 0.717) is 13.1 Å². The minimum atomic E-state index is -0.423. The highest BCUT2D eigenvalue weighted by molar-refractivity contribution is 5.76. The number of morpholine rings is 1. The summed E-state index contributed by atoms with van der Waals surface area (Å²) in [4.78, 5) is 31.9. The van der Waals surface area contributed by atoms with E-state index in [2.05, 4.69) is 9.88 Å². The molecule has 0 aliphatic carbocycles. The molecule has 0 radical (unpaired) electrons. The molecule has 2 saturated heterocycles. The van der Waals surface area contributed by atoms with Crippen molar-refractivity contribution in [2.45, 2.75) is 6.54 Å². The molecule has 2 fully saturated rings. The lowest BCUT2D eigenvalue weighted by Crippen LogP contribution is -2.41. The van der Waals surface area contributed by atoms with E-state index in [4.69, 9.17) is 4.74 Å². The van der Waals surface area contributed by atoms with E-state index in [9.17, 15) is 14.7 Å². The van der Waals surface area contributed by atoms with Crippen molar-refractivity contribution in [1.29, 1.82) is 0 Å². The van der Waals surface area contributed by atoms with Gasteiger partial charge in [-0.2, -0.15) is 0 Å². The average Bonchev–Trinajstić information content (AvgIpc) is 3.01. The van der Waals surface area contributed by atoms with Crippen molar-refractivity contribution in [1.82, 2.24) is 19.4 Å². The summed E-state index contributed by atoms with van der Waals surface area (Å²) in [6.45, 7) is 5.37. The number of aliphatic hydroxyl groups excluding tert-OH is 1. The molecule has 8 nitrogen and oxygen atoms in total. The van der Waals surface area contributed by atoms with Crippen LogP contribution >= 0.6 is 0 Å². The van der Waals surface area contributed by atoms with Crippen LogP contribution in [0.15, 0.2) is 23.3 Å². The topological polar surface area (TPSA) is 87.9 Å². The predicted molar refractivity (Wildman–Crippen MR) is 86.4 cm³/mol. The van der Waals surface area contributed by atoms with Gasteiger partial charge in [-0.05, 0) is 12.0 Å². The smallest absolute Gasteiger partial charge is 0.347 e.